The molecule has 0 aromatic carbocycles. The summed E-state index contributed by atoms with van der Waals surface area (Å²) in [5, 5.41) is 2.17. The molecule has 0 aromatic rings. The van der Waals surface area contributed by atoms with Crippen LogP contribution in [0.2, 0.25) is 0 Å². The molecule has 3 amide bonds. The fourth-order valence-electron chi connectivity index (χ4n) is 0.784. The van der Waals surface area contributed by atoms with Gasteiger partial charge in [-0.25, -0.2) is 4.79 Å². The van der Waals surface area contributed by atoms with Crippen LogP contribution in [0.25, 0.3) is 0 Å². The van der Waals surface area contributed by atoms with Crippen molar-refractivity contribution in [3.8, 4) is 0 Å². The van der Waals surface area contributed by atoms with E-state index >= 15 is 0 Å². The Morgan fingerprint density at radius 2 is 2.30 bits per heavy atom. The van der Waals surface area contributed by atoms with Crippen LogP contribution in [0.15, 0.2) is 0 Å². The van der Waals surface area contributed by atoms with Gasteiger partial charge in [0, 0.05) is 12.3 Å². The Kier molecular flexibility index (Phi) is 2.16. The lowest BCUT2D eigenvalue weighted by Crippen LogP contribution is -2.29. The molecule has 0 bridgehead atoms. The van der Waals surface area contributed by atoms with Gasteiger partial charge in [-0.05, 0) is 0 Å². The standard InChI is InChI=1S/C5H8N2O2S/c8-4-3-7(1-2-10)5(9)6-4/h10H,1-3H2,(H,6,8,9). The van der Waals surface area contributed by atoms with Crippen molar-refractivity contribution < 1.29 is 9.59 Å². The largest absolute Gasteiger partial charge is 0.324 e. The number of amides is 3. The lowest BCUT2D eigenvalue weighted by molar-refractivity contribution is -0.118. The zero-order chi connectivity index (χ0) is 7.56. The maximum absolute atomic E-state index is 10.7. The number of nitrogens with zero attached hydrogens (tertiary/aromatic N) is 1. The molecular weight excluding hydrogens is 152 g/mol. The van der Waals surface area contributed by atoms with Gasteiger partial charge in [-0.3, -0.25) is 10.1 Å². The van der Waals surface area contributed by atoms with Gasteiger partial charge in [0.1, 0.15) is 6.54 Å². The van der Waals surface area contributed by atoms with Crippen molar-refractivity contribution in [3.63, 3.8) is 0 Å². The maximum atomic E-state index is 10.7. The number of carbonyl (C=O) groups excluding carboxylic acids is 2. The number of nitrogens with one attached hydrogen (secondary N) is 1. The van der Waals surface area contributed by atoms with Crippen molar-refractivity contribution >= 4 is 24.6 Å². The number of hydrogen-bond donors (Lipinski definition) is 2. The molecule has 0 aromatic heterocycles. The Labute approximate surface area is 64.0 Å². The van der Waals surface area contributed by atoms with Gasteiger partial charge in [-0.1, -0.05) is 0 Å². The fourth-order valence-corrected chi connectivity index (χ4v) is 1.03. The molecule has 1 N–H and O–H groups in total. The highest BCUT2D eigenvalue weighted by Crippen LogP contribution is 1.96. The van der Waals surface area contributed by atoms with Gasteiger partial charge in [0.25, 0.3) is 0 Å². The van der Waals surface area contributed by atoms with Gasteiger partial charge >= 0.3 is 6.03 Å². The highest BCUT2D eigenvalue weighted by atomic mass is 32.1. The van der Waals surface area contributed by atoms with Gasteiger partial charge in [0.2, 0.25) is 5.91 Å². The average Bonchev–Trinajstić information content (AvgIpc) is 2.13. The third-order valence-electron chi connectivity index (χ3n) is 1.24. The molecule has 1 fully saturated rings. The summed E-state index contributed by atoms with van der Waals surface area (Å²) in [5.41, 5.74) is 0. The molecule has 0 saturated carbocycles. The zero-order valence-electron chi connectivity index (χ0n) is 5.33. The lowest BCUT2D eigenvalue weighted by atomic mass is 10.5. The first-order valence-electron chi connectivity index (χ1n) is 2.93. The van der Waals surface area contributed by atoms with Crippen LogP contribution < -0.4 is 5.32 Å². The molecule has 1 aliphatic heterocycles. The summed E-state index contributed by atoms with van der Waals surface area (Å²) in [7, 11) is 0. The highest BCUT2D eigenvalue weighted by Gasteiger charge is 2.25. The second-order valence-electron chi connectivity index (χ2n) is 2.00. The molecule has 0 atom stereocenters. The van der Waals surface area contributed by atoms with Gasteiger partial charge < -0.3 is 4.90 Å². The van der Waals surface area contributed by atoms with E-state index in [9.17, 15) is 9.59 Å². The summed E-state index contributed by atoms with van der Waals surface area (Å²) in [6.07, 6.45) is 0. The minimum absolute atomic E-state index is 0.180. The summed E-state index contributed by atoms with van der Waals surface area (Å²) < 4.78 is 0. The van der Waals surface area contributed by atoms with Gasteiger partial charge in [-0.2, -0.15) is 12.6 Å². The summed E-state index contributed by atoms with van der Waals surface area (Å²) in [6, 6.07) is -0.306. The van der Waals surface area contributed by atoms with E-state index in [2.05, 4.69) is 17.9 Å². The molecule has 0 unspecified atom stereocenters. The fraction of sp³-hybridized carbons (Fsp3) is 0.600. The van der Waals surface area contributed by atoms with Crippen LogP contribution in [-0.2, 0) is 4.79 Å². The molecule has 1 rings (SSSR count). The Morgan fingerprint density at radius 1 is 1.60 bits per heavy atom. The first kappa shape index (κ1) is 7.40. The quantitative estimate of drug-likeness (QED) is 0.421. The van der Waals surface area contributed by atoms with Gasteiger partial charge in [0.15, 0.2) is 0 Å². The predicted molar refractivity (Wildman–Crippen MR) is 39.0 cm³/mol. The molecule has 0 aliphatic carbocycles. The van der Waals surface area contributed by atoms with E-state index in [0.717, 1.165) is 0 Å². The van der Waals surface area contributed by atoms with Gasteiger partial charge in [-0.15, -0.1) is 0 Å². The predicted octanol–water partition coefficient (Wildman–Crippen LogP) is -0.532. The molecule has 4 nitrogen and oxygen atoms in total. The third-order valence-corrected chi connectivity index (χ3v) is 1.44. The second-order valence-corrected chi connectivity index (χ2v) is 2.45. The summed E-state index contributed by atoms with van der Waals surface area (Å²) in [6.45, 7) is 0.708. The molecule has 1 saturated heterocycles. The van der Waals surface area contributed by atoms with Crippen LogP contribution >= 0.6 is 12.6 Å². The topological polar surface area (TPSA) is 49.4 Å². The molecule has 1 heterocycles. The monoisotopic (exact) mass is 160 g/mol. The minimum Gasteiger partial charge on any atom is -0.314 e. The van der Waals surface area contributed by atoms with E-state index in [0.29, 0.717) is 12.3 Å². The van der Waals surface area contributed by atoms with E-state index in [1.54, 1.807) is 0 Å². The van der Waals surface area contributed by atoms with Crippen molar-refractivity contribution in [2.75, 3.05) is 18.8 Å². The third kappa shape index (κ3) is 1.41. The number of thiol groups is 1. The Hall–Kier alpha value is -0.710. The SMILES string of the molecule is O=C1CN(CCS)C(=O)N1. The lowest BCUT2D eigenvalue weighted by Gasteiger charge is -2.09. The Morgan fingerprint density at radius 3 is 2.70 bits per heavy atom. The molecular formula is C5H8N2O2S. The average molecular weight is 160 g/mol. The van der Waals surface area contributed by atoms with E-state index in [-0.39, 0.29) is 18.5 Å². The minimum atomic E-state index is -0.306. The molecule has 1 aliphatic rings. The van der Waals surface area contributed by atoms with E-state index in [1.807, 2.05) is 0 Å². The summed E-state index contributed by atoms with van der Waals surface area (Å²) in [5.74, 6) is 0.354. The number of imide groups is 1. The molecule has 56 valence electrons. The molecule has 5 heteroatoms. The molecule has 0 radical (unpaired) electrons. The van der Waals surface area contributed by atoms with Crippen molar-refractivity contribution in [3.05, 3.63) is 0 Å². The number of hydrogen-bond acceptors (Lipinski definition) is 3. The van der Waals surface area contributed by atoms with Crippen molar-refractivity contribution in [1.29, 1.82) is 0 Å². The molecule has 10 heavy (non-hydrogen) atoms. The van der Waals surface area contributed by atoms with Crippen LogP contribution in [0.1, 0.15) is 0 Å². The van der Waals surface area contributed by atoms with Crippen LogP contribution in [0.5, 0.6) is 0 Å². The van der Waals surface area contributed by atoms with Gasteiger partial charge in [0.05, 0.1) is 0 Å². The first-order chi connectivity index (χ1) is 4.74. The zero-order valence-corrected chi connectivity index (χ0v) is 6.23. The number of carbonyl (C=O) groups is 2. The maximum Gasteiger partial charge on any atom is 0.324 e. The summed E-state index contributed by atoms with van der Waals surface area (Å²) >= 11 is 3.93. The highest BCUT2D eigenvalue weighted by molar-refractivity contribution is 7.80. The van der Waals surface area contributed by atoms with Crippen LogP contribution in [0, 0.1) is 0 Å². The Bertz CT molecular complexity index is 171. The van der Waals surface area contributed by atoms with E-state index in [1.165, 1.54) is 4.90 Å². The first-order valence-corrected chi connectivity index (χ1v) is 3.57. The summed E-state index contributed by atoms with van der Waals surface area (Å²) in [4.78, 5) is 22.7. The normalized spacial score (nSPS) is 17.9. The van der Waals surface area contributed by atoms with E-state index in [4.69, 9.17) is 0 Å². The van der Waals surface area contributed by atoms with Crippen molar-refractivity contribution in [1.82, 2.24) is 10.2 Å². The van der Waals surface area contributed by atoms with Crippen molar-refractivity contribution in [2.45, 2.75) is 0 Å². The van der Waals surface area contributed by atoms with Crippen LogP contribution in [-0.4, -0.2) is 35.7 Å². The van der Waals surface area contributed by atoms with E-state index < -0.39 is 0 Å². The van der Waals surface area contributed by atoms with Crippen molar-refractivity contribution in [2.24, 2.45) is 0 Å². The van der Waals surface area contributed by atoms with Crippen LogP contribution in [0.4, 0.5) is 4.79 Å². The Balaban J connectivity index is 2.46. The second kappa shape index (κ2) is 2.92. The van der Waals surface area contributed by atoms with Crippen LogP contribution in [0.3, 0.4) is 0 Å². The number of rotatable bonds is 2. The smallest absolute Gasteiger partial charge is 0.314 e. The number of urea groups is 1. The molecule has 0 spiro atoms.